The van der Waals surface area contributed by atoms with Gasteiger partial charge in [-0.05, 0) is 12.0 Å². The maximum atomic E-state index is 11.6. The highest BCUT2D eigenvalue weighted by atomic mass is 16.1. The highest BCUT2D eigenvalue weighted by molar-refractivity contribution is 5.78. The summed E-state index contributed by atoms with van der Waals surface area (Å²) in [5.41, 5.74) is 1.21. The molecule has 1 heterocycles. The lowest BCUT2D eigenvalue weighted by Crippen LogP contribution is -2.09. The van der Waals surface area contributed by atoms with E-state index in [2.05, 4.69) is 4.98 Å². The Bertz CT molecular complexity index is 435. The number of aromatic nitrogens is 2. The molecule has 3 nitrogen and oxygen atoms in total. The molecule has 0 N–H and O–H groups in total. The van der Waals surface area contributed by atoms with E-state index in [-0.39, 0.29) is 5.78 Å². The van der Waals surface area contributed by atoms with Gasteiger partial charge in [0.1, 0.15) is 0 Å². The molecule has 0 bridgehead atoms. The molecule has 0 saturated carbocycles. The average molecular weight is 244 g/mol. The Labute approximate surface area is 108 Å². The Morgan fingerprint density at radius 2 is 1.94 bits per heavy atom. The molecule has 0 unspecified atom stereocenters. The minimum Gasteiger partial charge on any atom is -0.330 e. The number of Topliss-reactive ketones (excluding diaryl/α,β-unsaturated/α-hetero) is 1. The molecule has 0 spiro atoms. The number of hydrogen-bond acceptors (Lipinski definition) is 2. The summed E-state index contributed by atoms with van der Waals surface area (Å²) in [5.74, 6) is 0.238. The van der Waals surface area contributed by atoms with Crippen LogP contribution in [0, 0.1) is 0 Å². The third-order valence-corrected chi connectivity index (χ3v) is 2.45. The number of ketones is 1. The van der Waals surface area contributed by atoms with Gasteiger partial charge in [-0.15, -0.1) is 0 Å². The van der Waals surface area contributed by atoms with Crippen LogP contribution in [0.5, 0.6) is 0 Å². The molecule has 1 aromatic heterocycles. The Kier molecular flexibility index (Phi) is 6.47. The van der Waals surface area contributed by atoms with Crippen molar-refractivity contribution in [2.24, 2.45) is 0 Å². The van der Waals surface area contributed by atoms with Gasteiger partial charge in [-0.25, -0.2) is 4.98 Å². The highest BCUT2D eigenvalue weighted by Gasteiger charge is 2.03. The van der Waals surface area contributed by atoms with Crippen molar-refractivity contribution < 1.29 is 4.79 Å². The lowest BCUT2D eigenvalue weighted by Gasteiger charge is -2.02. The van der Waals surface area contributed by atoms with Crippen molar-refractivity contribution in [1.82, 2.24) is 9.55 Å². The van der Waals surface area contributed by atoms with Crippen LogP contribution >= 0.6 is 0 Å². The maximum Gasteiger partial charge on any atom is 0.152 e. The van der Waals surface area contributed by atoms with E-state index in [0.717, 1.165) is 6.42 Å². The minimum absolute atomic E-state index is 0.238. The highest BCUT2D eigenvalue weighted by Crippen LogP contribution is 2.03. The van der Waals surface area contributed by atoms with Gasteiger partial charge in [0, 0.05) is 18.8 Å². The summed E-state index contributed by atoms with van der Waals surface area (Å²) >= 11 is 0. The SMILES string of the molecule is CC.O=C(CCc1ccccc1)Cn1ccnc1. The second-order valence-corrected chi connectivity index (χ2v) is 3.76. The summed E-state index contributed by atoms with van der Waals surface area (Å²) in [4.78, 5) is 15.5. The van der Waals surface area contributed by atoms with Crippen molar-refractivity contribution in [2.45, 2.75) is 33.2 Å². The Hall–Kier alpha value is -1.90. The van der Waals surface area contributed by atoms with E-state index in [0.29, 0.717) is 13.0 Å². The zero-order valence-corrected chi connectivity index (χ0v) is 11.0. The molecule has 2 aromatic rings. The normalized spacial score (nSPS) is 9.44. The van der Waals surface area contributed by atoms with E-state index in [4.69, 9.17) is 0 Å². The summed E-state index contributed by atoms with van der Waals surface area (Å²) < 4.78 is 1.80. The second kappa shape index (κ2) is 8.23. The summed E-state index contributed by atoms with van der Waals surface area (Å²) in [6.07, 6.45) is 6.56. The topological polar surface area (TPSA) is 34.9 Å². The van der Waals surface area contributed by atoms with Gasteiger partial charge in [0.2, 0.25) is 0 Å². The molecule has 0 aliphatic carbocycles. The molecule has 0 atom stereocenters. The molecule has 3 heteroatoms. The molecule has 0 aliphatic heterocycles. The third-order valence-electron chi connectivity index (χ3n) is 2.45. The smallest absolute Gasteiger partial charge is 0.152 e. The molecule has 0 aliphatic rings. The van der Waals surface area contributed by atoms with E-state index < -0.39 is 0 Å². The van der Waals surface area contributed by atoms with Gasteiger partial charge in [0.15, 0.2) is 5.78 Å². The molecule has 0 radical (unpaired) electrons. The Morgan fingerprint density at radius 3 is 2.56 bits per heavy atom. The van der Waals surface area contributed by atoms with Crippen molar-refractivity contribution in [3.05, 3.63) is 54.6 Å². The fourth-order valence-electron chi connectivity index (χ4n) is 1.59. The summed E-state index contributed by atoms with van der Waals surface area (Å²) in [5, 5.41) is 0. The minimum atomic E-state index is 0.238. The third kappa shape index (κ3) is 4.95. The van der Waals surface area contributed by atoms with Crippen molar-refractivity contribution in [1.29, 1.82) is 0 Å². The zero-order valence-electron chi connectivity index (χ0n) is 11.0. The number of nitrogens with zero attached hydrogens (tertiary/aromatic N) is 2. The fourth-order valence-corrected chi connectivity index (χ4v) is 1.59. The first-order valence-corrected chi connectivity index (χ1v) is 6.36. The predicted octanol–water partition coefficient (Wildman–Crippen LogP) is 3.11. The summed E-state index contributed by atoms with van der Waals surface area (Å²) in [7, 11) is 0. The van der Waals surface area contributed by atoms with Crippen molar-refractivity contribution in [3.63, 3.8) is 0 Å². The van der Waals surface area contributed by atoms with E-state index in [9.17, 15) is 4.79 Å². The lowest BCUT2D eigenvalue weighted by molar-refractivity contribution is -0.119. The molecule has 2 rings (SSSR count). The standard InChI is InChI=1S/C13H14N2O.C2H6/c16-13(10-15-9-8-14-11-15)7-6-12-4-2-1-3-5-12;1-2/h1-5,8-9,11H,6-7,10H2;1-2H3. The average Bonchev–Trinajstić information content (AvgIpc) is 2.93. The van der Waals surface area contributed by atoms with Crippen LogP contribution in [-0.2, 0) is 17.8 Å². The fraction of sp³-hybridized carbons (Fsp3) is 0.333. The molecular formula is C15H20N2O. The van der Waals surface area contributed by atoms with E-state index in [1.54, 1.807) is 23.3 Å². The van der Waals surface area contributed by atoms with Gasteiger partial charge in [0.25, 0.3) is 0 Å². The molecule has 96 valence electrons. The zero-order chi connectivity index (χ0) is 13.2. The summed E-state index contributed by atoms with van der Waals surface area (Å²) in [6, 6.07) is 10.1. The van der Waals surface area contributed by atoms with Crippen LogP contribution in [0.4, 0.5) is 0 Å². The molecule has 18 heavy (non-hydrogen) atoms. The molecular weight excluding hydrogens is 224 g/mol. The van der Waals surface area contributed by atoms with Gasteiger partial charge in [-0.1, -0.05) is 44.2 Å². The number of carbonyl (C=O) groups is 1. The second-order valence-electron chi connectivity index (χ2n) is 3.76. The van der Waals surface area contributed by atoms with Gasteiger partial charge < -0.3 is 4.57 Å². The number of rotatable bonds is 5. The van der Waals surface area contributed by atoms with Crippen LogP contribution < -0.4 is 0 Å². The van der Waals surface area contributed by atoms with Gasteiger partial charge in [0.05, 0.1) is 12.9 Å². The van der Waals surface area contributed by atoms with Gasteiger partial charge in [-0.2, -0.15) is 0 Å². The van der Waals surface area contributed by atoms with Crippen molar-refractivity contribution in [2.75, 3.05) is 0 Å². The van der Waals surface area contributed by atoms with E-state index >= 15 is 0 Å². The predicted molar refractivity (Wildman–Crippen MR) is 73.3 cm³/mol. The molecule has 0 fully saturated rings. The number of imidazole rings is 1. The summed E-state index contributed by atoms with van der Waals surface area (Å²) in [6.45, 7) is 4.42. The first-order valence-electron chi connectivity index (χ1n) is 6.36. The maximum absolute atomic E-state index is 11.6. The number of carbonyl (C=O) groups excluding carboxylic acids is 1. The van der Waals surface area contributed by atoms with Crippen LogP contribution in [0.15, 0.2) is 49.1 Å². The quantitative estimate of drug-likeness (QED) is 0.810. The first-order chi connectivity index (χ1) is 8.84. The van der Waals surface area contributed by atoms with Gasteiger partial charge in [-0.3, -0.25) is 4.79 Å². The van der Waals surface area contributed by atoms with Crippen LogP contribution in [0.25, 0.3) is 0 Å². The number of benzene rings is 1. The number of aryl methyl sites for hydroxylation is 1. The lowest BCUT2D eigenvalue weighted by atomic mass is 10.1. The molecule has 1 aromatic carbocycles. The molecule has 0 amide bonds. The largest absolute Gasteiger partial charge is 0.330 e. The molecule has 0 saturated heterocycles. The van der Waals surface area contributed by atoms with Crippen molar-refractivity contribution in [3.8, 4) is 0 Å². The van der Waals surface area contributed by atoms with Crippen LogP contribution in [-0.4, -0.2) is 15.3 Å². The van der Waals surface area contributed by atoms with E-state index in [1.165, 1.54) is 5.56 Å². The Balaban J connectivity index is 0.000000771. The van der Waals surface area contributed by atoms with Crippen LogP contribution in [0.2, 0.25) is 0 Å². The van der Waals surface area contributed by atoms with Crippen LogP contribution in [0.1, 0.15) is 25.8 Å². The monoisotopic (exact) mass is 244 g/mol. The number of hydrogen-bond donors (Lipinski definition) is 0. The van der Waals surface area contributed by atoms with Crippen molar-refractivity contribution >= 4 is 5.78 Å². The Morgan fingerprint density at radius 1 is 1.22 bits per heavy atom. The van der Waals surface area contributed by atoms with Crippen LogP contribution in [0.3, 0.4) is 0 Å². The van der Waals surface area contributed by atoms with Gasteiger partial charge >= 0.3 is 0 Å². The first kappa shape index (κ1) is 14.2. The van der Waals surface area contributed by atoms with E-state index in [1.807, 2.05) is 44.2 Å².